The van der Waals surface area contributed by atoms with Crippen molar-refractivity contribution < 1.29 is 9.90 Å². The van der Waals surface area contributed by atoms with Crippen LogP contribution in [0.25, 0.3) is 0 Å². The maximum absolute atomic E-state index is 12.0. The fraction of sp³-hybridized carbons (Fsp3) is 0.667. The maximum atomic E-state index is 12.0. The minimum Gasteiger partial charge on any atom is -0.391 e. The number of aliphatic hydroxyl groups excluding tert-OH is 1. The van der Waals surface area contributed by atoms with E-state index in [-0.39, 0.29) is 12.0 Å². The van der Waals surface area contributed by atoms with Gasteiger partial charge in [-0.2, -0.15) is 0 Å². The molecule has 82 valence electrons. The van der Waals surface area contributed by atoms with Crippen LogP contribution in [0.15, 0.2) is 0 Å². The normalized spacial score (nSPS) is 20.9. The SMILES string of the molecule is CCc1nnsc1C(=O)N1CC[C@@H](O)C1. The Balaban J connectivity index is 2.14. The van der Waals surface area contributed by atoms with Crippen LogP contribution in [0.3, 0.4) is 0 Å². The standard InChI is InChI=1S/C9H13N3O2S/c1-2-7-8(15-11-10-7)9(14)12-4-3-6(13)5-12/h6,13H,2-5H2,1H3/t6-/m1/s1. The summed E-state index contributed by atoms with van der Waals surface area (Å²) < 4.78 is 3.79. The Hall–Kier alpha value is -1.01. The fourth-order valence-electron chi connectivity index (χ4n) is 1.67. The summed E-state index contributed by atoms with van der Waals surface area (Å²) in [6, 6.07) is 0. The number of nitrogens with zero attached hydrogens (tertiary/aromatic N) is 3. The molecular weight excluding hydrogens is 214 g/mol. The third-order valence-corrected chi connectivity index (χ3v) is 3.29. The Kier molecular flexibility index (Phi) is 2.97. The molecule has 1 aromatic rings. The van der Waals surface area contributed by atoms with Gasteiger partial charge in [0.1, 0.15) is 4.88 Å². The molecule has 0 radical (unpaired) electrons. The molecule has 1 aromatic heterocycles. The minimum absolute atomic E-state index is 0.0431. The van der Waals surface area contributed by atoms with Crippen molar-refractivity contribution in [3.63, 3.8) is 0 Å². The number of β-amino-alcohol motifs (C(OH)–C–C–N with tert-alkyl or cyclic N) is 1. The first-order chi connectivity index (χ1) is 7.22. The number of likely N-dealkylation sites (tertiary alicyclic amines) is 1. The van der Waals surface area contributed by atoms with Gasteiger partial charge in [-0.25, -0.2) is 0 Å². The van der Waals surface area contributed by atoms with Crippen molar-refractivity contribution in [2.75, 3.05) is 13.1 Å². The van der Waals surface area contributed by atoms with Crippen LogP contribution in [0.2, 0.25) is 0 Å². The Labute approximate surface area is 91.9 Å². The number of aryl methyl sites for hydroxylation is 1. The van der Waals surface area contributed by atoms with Gasteiger partial charge < -0.3 is 10.0 Å². The van der Waals surface area contributed by atoms with Crippen LogP contribution >= 0.6 is 11.5 Å². The van der Waals surface area contributed by atoms with Gasteiger partial charge in [0, 0.05) is 13.1 Å². The van der Waals surface area contributed by atoms with Crippen LogP contribution < -0.4 is 0 Å². The van der Waals surface area contributed by atoms with Crippen molar-refractivity contribution >= 4 is 17.4 Å². The van der Waals surface area contributed by atoms with Gasteiger partial charge >= 0.3 is 0 Å². The monoisotopic (exact) mass is 227 g/mol. The van der Waals surface area contributed by atoms with E-state index >= 15 is 0 Å². The summed E-state index contributed by atoms with van der Waals surface area (Å²) in [7, 11) is 0. The summed E-state index contributed by atoms with van der Waals surface area (Å²) in [6.45, 7) is 3.01. The van der Waals surface area contributed by atoms with E-state index in [2.05, 4.69) is 9.59 Å². The molecule has 2 rings (SSSR count). The van der Waals surface area contributed by atoms with E-state index in [9.17, 15) is 9.90 Å². The van der Waals surface area contributed by atoms with Crippen LogP contribution in [-0.4, -0.2) is 44.7 Å². The molecule has 0 saturated carbocycles. The molecule has 1 atom stereocenters. The number of hydrogen-bond donors (Lipinski definition) is 1. The number of amides is 1. The van der Waals surface area contributed by atoms with Crippen LogP contribution in [0.5, 0.6) is 0 Å². The Morgan fingerprint density at radius 2 is 2.53 bits per heavy atom. The molecule has 1 N–H and O–H groups in total. The average Bonchev–Trinajstić information content (AvgIpc) is 2.84. The van der Waals surface area contributed by atoms with Gasteiger partial charge in [0.2, 0.25) is 0 Å². The van der Waals surface area contributed by atoms with E-state index in [0.29, 0.717) is 30.8 Å². The first kappa shape index (κ1) is 10.5. The van der Waals surface area contributed by atoms with Gasteiger partial charge in [-0.1, -0.05) is 11.4 Å². The highest BCUT2D eigenvalue weighted by molar-refractivity contribution is 7.08. The smallest absolute Gasteiger partial charge is 0.267 e. The number of aliphatic hydroxyl groups is 1. The lowest BCUT2D eigenvalue weighted by Crippen LogP contribution is -2.29. The largest absolute Gasteiger partial charge is 0.391 e. The van der Waals surface area contributed by atoms with Crippen molar-refractivity contribution in [2.24, 2.45) is 0 Å². The average molecular weight is 227 g/mol. The fourth-order valence-corrected chi connectivity index (χ4v) is 2.39. The molecule has 2 heterocycles. The molecule has 15 heavy (non-hydrogen) atoms. The zero-order valence-corrected chi connectivity index (χ0v) is 9.33. The summed E-state index contributed by atoms with van der Waals surface area (Å²) in [6.07, 6.45) is 1.01. The quantitative estimate of drug-likeness (QED) is 0.789. The second kappa shape index (κ2) is 4.24. The van der Waals surface area contributed by atoms with Crippen molar-refractivity contribution in [3.05, 3.63) is 10.6 Å². The molecule has 0 aromatic carbocycles. The first-order valence-electron chi connectivity index (χ1n) is 5.01. The Morgan fingerprint density at radius 1 is 1.73 bits per heavy atom. The molecule has 1 aliphatic rings. The van der Waals surface area contributed by atoms with E-state index in [4.69, 9.17) is 0 Å². The molecule has 6 heteroatoms. The number of rotatable bonds is 2. The summed E-state index contributed by atoms with van der Waals surface area (Å²) in [5.41, 5.74) is 0.756. The van der Waals surface area contributed by atoms with Gasteiger partial charge in [0.25, 0.3) is 5.91 Å². The van der Waals surface area contributed by atoms with Crippen LogP contribution in [0, 0.1) is 0 Å². The summed E-state index contributed by atoms with van der Waals surface area (Å²) >= 11 is 1.14. The summed E-state index contributed by atoms with van der Waals surface area (Å²) in [5.74, 6) is -0.0431. The Bertz CT molecular complexity index is 366. The van der Waals surface area contributed by atoms with E-state index in [1.807, 2.05) is 6.92 Å². The van der Waals surface area contributed by atoms with Crippen molar-refractivity contribution in [3.8, 4) is 0 Å². The summed E-state index contributed by atoms with van der Waals surface area (Å²) in [4.78, 5) is 14.3. The first-order valence-corrected chi connectivity index (χ1v) is 5.78. The highest BCUT2D eigenvalue weighted by atomic mass is 32.1. The summed E-state index contributed by atoms with van der Waals surface area (Å²) in [5, 5.41) is 13.3. The lowest BCUT2D eigenvalue weighted by atomic mass is 10.3. The highest BCUT2D eigenvalue weighted by Crippen LogP contribution is 2.18. The van der Waals surface area contributed by atoms with Crippen LogP contribution in [-0.2, 0) is 6.42 Å². The van der Waals surface area contributed by atoms with Gasteiger partial charge in [-0.3, -0.25) is 4.79 Å². The molecule has 0 aliphatic carbocycles. The van der Waals surface area contributed by atoms with E-state index in [1.54, 1.807) is 4.90 Å². The topological polar surface area (TPSA) is 66.3 Å². The molecule has 1 amide bonds. The van der Waals surface area contributed by atoms with Gasteiger partial charge in [-0.15, -0.1) is 5.10 Å². The van der Waals surface area contributed by atoms with Gasteiger partial charge in [-0.05, 0) is 24.4 Å². The lowest BCUT2D eigenvalue weighted by Gasteiger charge is -2.14. The van der Waals surface area contributed by atoms with Crippen molar-refractivity contribution in [2.45, 2.75) is 25.9 Å². The second-order valence-corrected chi connectivity index (χ2v) is 4.35. The molecule has 0 unspecified atom stereocenters. The molecule has 5 nitrogen and oxygen atoms in total. The lowest BCUT2D eigenvalue weighted by molar-refractivity contribution is 0.0768. The molecule has 0 spiro atoms. The molecule has 1 aliphatic heterocycles. The van der Waals surface area contributed by atoms with Crippen LogP contribution in [0.4, 0.5) is 0 Å². The van der Waals surface area contributed by atoms with Gasteiger partial charge in [0.05, 0.1) is 11.8 Å². The predicted octanol–water partition coefficient (Wildman–Crippen LogP) is 0.307. The highest BCUT2D eigenvalue weighted by Gasteiger charge is 2.28. The number of carbonyl (C=O) groups excluding carboxylic acids is 1. The Morgan fingerprint density at radius 3 is 3.13 bits per heavy atom. The molecule has 0 bridgehead atoms. The zero-order chi connectivity index (χ0) is 10.8. The van der Waals surface area contributed by atoms with E-state index in [0.717, 1.165) is 17.2 Å². The molecule has 1 saturated heterocycles. The van der Waals surface area contributed by atoms with Crippen molar-refractivity contribution in [1.29, 1.82) is 0 Å². The minimum atomic E-state index is -0.375. The van der Waals surface area contributed by atoms with Crippen molar-refractivity contribution in [1.82, 2.24) is 14.5 Å². The maximum Gasteiger partial charge on any atom is 0.267 e. The zero-order valence-electron chi connectivity index (χ0n) is 8.51. The second-order valence-electron chi connectivity index (χ2n) is 3.60. The third kappa shape index (κ3) is 2.00. The molecule has 1 fully saturated rings. The van der Waals surface area contributed by atoms with Gasteiger partial charge in [0.15, 0.2) is 0 Å². The number of carbonyl (C=O) groups is 1. The third-order valence-electron chi connectivity index (χ3n) is 2.54. The van der Waals surface area contributed by atoms with Crippen LogP contribution in [0.1, 0.15) is 28.7 Å². The molecular formula is C9H13N3O2S. The number of aromatic nitrogens is 2. The predicted molar refractivity (Wildman–Crippen MR) is 55.8 cm³/mol. The van der Waals surface area contributed by atoms with E-state index in [1.165, 1.54) is 0 Å². The number of hydrogen-bond acceptors (Lipinski definition) is 5. The van der Waals surface area contributed by atoms with E-state index < -0.39 is 0 Å².